The van der Waals surface area contributed by atoms with Gasteiger partial charge in [0.15, 0.2) is 0 Å². The number of azo groups is 1. The molecule has 2 aromatic rings. The van der Waals surface area contributed by atoms with Gasteiger partial charge in [-0.15, -0.1) is 0 Å². The molecule has 2 aromatic carbocycles. The van der Waals surface area contributed by atoms with Crippen molar-refractivity contribution in [1.29, 1.82) is 0 Å². The van der Waals surface area contributed by atoms with Gasteiger partial charge < -0.3 is 5.73 Å². The predicted octanol–water partition coefficient (Wildman–Crippen LogP) is 2.38. The fourth-order valence-electron chi connectivity index (χ4n) is 1.75. The van der Waals surface area contributed by atoms with Crippen LogP contribution >= 0.6 is 0 Å². The highest BCUT2D eigenvalue weighted by Crippen LogP contribution is 2.35. The molecule has 0 aliphatic heterocycles. The first-order valence-electron chi connectivity index (χ1n) is 5.03. The maximum Gasteiger partial charge on any atom is 0.295 e. The van der Waals surface area contributed by atoms with E-state index in [1.807, 2.05) is 0 Å². The Balaban J connectivity index is 2.98. The van der Waals surface area contributed by atoms with Crippen LogP contribution in [0.5, 0.6) is 0 Å². The Bertz CT molecular complexity index is 739. The van der Waals surface area contributed by atoms with Crippen molar-refractivity contribution in [2.45, 2.75) is 4.90 Å². The molecule has 94 valence electrons. The van der Waals surface area contributed by atoms with Crippen LogP contribution in [0, 0.1) is 0 Å². The first kappa shape index (κ1) is 12.5. The summed E-state index contributed by atoms with van der Waals surface area (Å²) in [6.45, 7) is 0. The number of hydrogen-bond acceptors (Lipinski definition) is 5. The Labute approximate surface area is 104 Å². The van der Waals surface area contributed by atoms with E-state index in [1.165, 1.54) is 13.1 Å². The lowest BCUT2D eigenvalue weighted by Crippen LogP contribution is -2.01. The maximum atomic E-state index is 11.4. The van der Waals surface area contributed by atoms with Gasteiger partial charge in [0.2, 0.25) is 0 Å². The third kappa shape index (κ3) is 2.05. The van der Waals surface area contributed by atoms with Gasteiger partial charge in [-0.2, -0.15) is 18.6 Å². The summed E-state index contributed by atoms with van der Waals surface area (Å²) in [5, 5.41) is 8.18. The zero-order chi connectivity index (χ0) is 13.3. The molecule has 0 aliphatic rings. The van der Waals surface area contributed by atoms with E-state index in [1.54, 1.807) is 24.3 Å². The minimum Gasteiger partial charge on any atom is -0.396 e. The van der Waals surface area contributed by atoms with Crippen LogP contribution in [-0.4, -0.2) is 20.0 Å². The van der Waals surface area contributed by atoms with Gasteiger partial charge in [-0.1, -0.05) is 24.3 Å². The number of benzene rings is 2. The fraction of sp³-hybridized carbons (Fsp3) is 0.0909. The van der Waals surface area contributed by atoms with Gasteiger partial charge in [-0.25, -0.2) is 0 Å². The van der Waals surface area contributed by atoms with E-state index in [-0.39, 0.29) is 10.6 Å². The molecule has 0 aliphatic carbocycles. The van der Waals surface area contributed by atoms with Crippen molar-refractivity contribution < 1.29 is 13.0 Å². The summed E-state index contributed by atoms with van der Waals surface area (Å²) < 4.78 is 31.9. The minimum atomic E-state index is -4.34. The van der Waals surface area contributed by atoms with Gasteiger partial charge in [0.05, 0.1) is 5.69 Å². The van der Waals surface area contributed by atoms with Crippen molar-refractivity contribution in [3.63, 3.8) is 0 Å². The molecule has 0 unspecified atom stereocenters. The molecule has 3 N–H and O–H groups in total. The van der Waals surface area contributed by atoms with Crippen LogP contribution in [0.3, 0.4) is 0 Å². The van der Waals surface area contributed by atoms with E-state index in [2.05, 4.69) is 10.2 Å². The van der Waals surface area contributed by atoms with Crippen LogP contribution in [0.25, 0.3) is 10.8 Å². The quantitative estimate of drug-likeness (QED) is 0.494. The molecular weight excluding hydrogens is 254 g/mol. The fourth-order valence-corrected chi connectivity index (χ4v) is 2.47. The van der Waals surface area contributed by atoms with E-state index in [0.717, 1.165) is 0 Å². The molecule has 0 amide bonds. The molecule has 2 rings (SSSR count). The zero-order valence-electron chi connectivity index (χ0n) is 9.53. The first-order valence-corrected chi connectivity index (χ1v) is 6.47. The Morgan fingerprint density at radius 2 is 1.83 bits per heavy atom. The molecule has 18 heavy (non-hydrogen) atoms. The zero-order valence-corrected chi connectivity index (χ0v) is 10.3. The second-order valence-corrected chi connectivity index (χ2v) is 5.02. The van der Waals surface area contributed by atoms with E-state index in [0.29, 0.717) is 16.5 Å². The van der Waals surface area contributed by atoms with Crippen molar-refractivity contribution in [2.24, 2.45) is 10.2 Å². The summed E-state index contributed by atoms with van der Waals surface area (Å²) in [5.41, 5.74) is 6.42. The number of rotatable bonds is 2. The highest BCUT2D eigenvalue weighted by molar-refractivity contribution is 7.86. The van der Waals surface area contributed by atoms with E-state index in [9.17, 15) is 13.0 Å². The molecule has 0 aromatic heterocycles. The van der Waals surface area contributed by atoms with Crippen molar-refractivity contribution >= 4 is 32.3 Å². The highest BCUT2D eigenvalue weighted by Gasteiger charge is 2.18. The van der Waals surface area contributed by atoms with Crippen molar-refractivity contribution in [3.8, 4) is 0 Å². The molecule has 0 radical (unpaired) electrons. The Kier molecular flexibility index (Phi) is 3.02. The van der Waals surface area contributed by atoms with Gasteiger partial charge in [0.1, 0.15) is 10.6 Å². The average molecular weight is 265 g/mol. The molecule has 0 fully saturated rings. The van der Waals surface area contributed by atoms with E-state index in [4.69, 9.17) is 5.73 Å². The highest BCUT2D eigenvalue weighted by atomic mass is 32.2. The Morgan fingerprint density at radius 1 is 1.22 bits per heavy atom. The maximum absolute atomic E-state index is 11.4. The summed E-state index contributed by atoms with van der Waals surface area (Å²) in [6, 6.07) is 7.83. The number of nitrogens with two attached hydrogens (primary N) is 1. The van der Waals surface area contributed by atoms with Crippen LogP contribution in [0.4, 0.5) is 11.4 Å². The molecule has 0 heterocycles. The van der Waals surface area contributed by atoms with Crippen LogP contribution in [0.2, 0.25) is 0 Å². The van der Waals surface area contributed by atoms with Crippen LogP contribution in [-0.2, 0) is 10.1 Å². The van der Waals surface area contributed by atoms with E-state index >= 15 is 0 Å². The van der Waals surface area contributed by atoms with Crippen molar-refractivity contribution in [2.75, 3.05) is 12.8 Å². The Morgan fingerprint density at radius 3 is 2.39 bits per heavy atom. The lowest BCUT2D eigenvalue weighted by molar-refractivity contribution is 0.484. The standard InChI is InChI=1S/C11H11N3O3S/c1-13-14-9-6-10(18(15,16)17)7-4-2-3-5-8(7)11(9)12/h2-6H,12H2,1H3,(H,15,16,17). The summed E-state index contributed by atoms with van der Waals surface area (Å²) >= 11 is 0. The molecule has 0 spiro atoms. The lowest BCUT2D eigenvalue weighted by atomic mass is 10.1. The van der Waals surface area contributed by atoms with Crippen molar-refractivity contribution in [3.05, 3.63) is 30.3 Å². The minimum absolute atomic E-state index is 0.212. The number of fused-ring (bicyclic) bond motifs is 1. The number of nitrogens with zero attached hydrogens (tertiary/aromatic N) is 2. The molecule has 0 atom stereocenters. The van der Waals surface area contributed by atoms with E-state index < -0.39 is 10.1 Å². The first-order chi connectivity index (χ1) is 8.45. The molecule has 0 bridgehead atoms. The summed E-state index contributed by atoms with van der Waals surface area (Å²) in [4.78, 5) is -0.227. The summed E-state index contributed by atoms with van der Waals surface area (Å²) in [5.74, 6) is 0. The number of anilines is 1. The summed E-state index contributed by atoms with van der Waals surface area (Å²) in [7, 11) is -2.90. The van der Waals surface area contributed by atoms with Gasteiger partial charge in [0, 0.05) is 17.8 Å². The molecule has 0 saturated heterocycles. The second-order valence-electron chi connectivity index (χ2n) is 3.63. The average Bonchev–Trinajstić information content (AvgIpc) is 2.31. The van der Waals surface area contributed by atoms with Gasteiger partial charge in [0.25, 0.3) is 10.1 Å². The Hall–Kier alpha value is -1.99. The number of hydrogen-bond donors (Lipinski definition) is 2. The van der Waals surface area contributed by atoms with Gasteiger partial charge in [-0.3, -0.25) is 4.55 Å². The van der Waals surface area contributed by atoms with Crippen LogP contribution in [0.1, 0.15) is 0 Å². The monoisotopic (exact) mass is 265 g/mol. The third-order valence-corrected chi connectivity index (χ3v) is 3.41. The second kappa shape index (κ2) is 4.35. The predicted molar refractivity (Wildman–Crippen MR) is 68.6 cm³/mol. The molecule has 0 saturated carbocycles. The molecule has 7 heteroatoms. The molecular formula is C11H11N3O3S. The van der Waals surface area contributed by atoms with Crippen LogP contribution in [0.15, 0.2) is 45.5 Å². The van der Waals surface area contributed by atoms with Gasteiger partial charge >= 0.3 is 0 Å². The normalized spacial score (nSPS) is 12.3. The third-order valence-electron chi connectivity index (χ3n) is 2.51. The largest absolute Gasteiger partial charge is 0.396 e. The number of nitrogen functional groups attached to an aromatic ring is 1. The van der Waals surface area contributed by atoms with Gasteiger partial charge in [-0.05, 0) is 6.07 Å². The summed E-state index contributed by atoms with van der Waals surface area (Å²) in [6.07, 6.45) is 0. The smallest absolute Gasteiger partial charge is 0.295 e. The molecule has 6 nitrogen and oxygen atoms in total. The topological polar surface area (TPSA) is 105 Å². The SMILES string of the molecule is CN=Nc1cc(S(=O)(=O)O)c2ccccc2c1N. The van der Waals surface area contributed by atoms with Crippen LogP contribution < -0.4 is 5.73 Å². The van der Waals surface area contributed by atoms with Crippen molar-refractivity contribution in [1.82, 2.24) is 0 Å². The lowest BCUT2D eigenvalue weighted by Gasteiger charge is -2.08.